The van der Waals surface area contributed by atoms with Crippen molar-refractivity contribution in [1.82, 2.24) is 15.0 Å². The van der Waals surface area contributed by atoms with E-state index in [9.17, 15) is 19.7 Å². The van der Waals surface area contributed by atoms with Gasteiger partial charge in [-0.1, -0.05) is 5.16 Å². The molecule has 13 heteroatoms. The van der Waals surface area contributed by atoms with Crippen LogP contribution in [-0.4, -0.2) is 52.5 Å². The summed E-state index contributed by atoms with van der Waals surface area (Å²) in [5.74, 6) is -0.373. The van der Waals surface area contributed by atoms with Gasteiger partial charge in [0.05, 0.1) is 35.8 Å². The molecule has 2 amide bonds. The number of nitrogens with one attached hydrogen (secondary N) is 1. The first kappa shape index (κ1) is 22.7. The molecule has 0 aliphatic carbocycles. The first-order valence-electron chi connectivity index (χ1n) is 9.13. The number of aryl methyl sites for hydroxylation is 1. The molecule has 3 aromatic rings. The van der Waals surface area contributed by atoms with Crippen molar-refractivity contribution < 1.29 is 28.5 Å². The third-order valence-electron chi connectivity index (χ3n) is 4.19. The highest BCUT2D eigenvalue weighted by molar-refractivity contribution is 7.07. The van der Waals surface area contributed by atoms with Crippen LogP contribution >= 0.6 is 11.3 Å². The van der Waals surface area contributed by atoms with Crippen molar-refractivity contribution in [2.24, 2.45) is 0 Å². The lowest BCUT2D eigenvalue weighted by molar-refractivity contribution is -0.385. The minimum atomic E-state index is -0.743. The van der Waals surface area contributed by atoms with Crippen LogP contribution in [0.2, 0.25) is 0 Å². The van der Waals surface area contributed by atoms with Gasteiger partial charge < -0.3 is 24.2 Å². The van der Waals surface area contributed by atoms with Crippen LogP contribution in [0.15, 0.2) is 33.6 Å². The van der Waals surface area contributed by atoms with E-state index >= 15 is 0 Å². The van der Waals surface area contributed by atoms with Crippen LogP contribution in [0.4, 0.5) is 11.5 Å². The zero-order chi connectivity index (χ0) is 23.3. The lowest BCUT2D eigenvalue weighted by atomic mass is 10.1. The van der Waals surface area contributed by atoms with Gasteiger partial charge in [-0.2, -0.15) is 0 Å². The molecule has 0 fully saturated rings. The number of ether oxygens (including phenoxy) is 2. The summed E-state index contributed by atoms with van der Waals surface area (Å²) in [6, 6.07) is 3.84. The van der Waals surface area contributed by atoms with Crippen molar-refractivity contribution in [2.45, 2.75) is 13.5 Å². The summed E-state index contributed by atoms with van der Waals surface area (Å²) in [7, 11) is 2.70. The number of nitro benzene ring substituents is 1. The highest BCUT2D eigenvalue weighted by Crippen LogP contribution is 2.35. The molecular formula is C19H19N5O7S. The van der Waals surface area contributed by atoms with E-state index < -0.39 is 22.4 Å². The average molecular weight is 461 g/mol. The number of likely N-dealkylation sites (N-methyl/N-ethyl adjacent to an activating group) is 1. The molecule has 3 rings (SSSR count). The fourth-order valence-electron chi connectivity index (χ4n) is 2.70. The van der Waals surface area contributed by atoms with Gasteiger partial charge in [-0.25, -0.2) is 4.98 Å². The summed E-state index contributed by atoms with van der Waals surface area (Å²) in [5.41, 5.74) is 1.55. The summed E-state index contributed by atoms with van der Waals surface area (Å²) < 4.78 is 15.7. The quantitative estimate of drug-likeness (QED) is 0.375. The van der Waals surface area contributed by atoms with Gasteiger partial charge >= 0.3 is 0 Å². The van der Waals surface area contributed by atoms with Crippen LogP contribution in [0.25, 0.3) is 0 Å². The number of methoxy groups -OCH3 is 1. The Morgan fingerprint density at radius 3 is 2.69 bits per heavy atom. The minimum Gasteiger partial charge on any atom is -0.493 e. The molecule has 0 aliphatic heterocycles. The molecule has 2 aromatic heterocycles. The molecule has 0 bridgehead atoms. The first-order valence-corrected chi connectivity index (χ1v) is 10.1. The van der Waals surface area contributed by atoms with Gasteiger partial charge in [0.1, 0.15) is 17.9 Å². The summed E-state index contributed by atoms with van der Waals surface area (Å²) in [6.45, 7) is 1.37. The van der Waals surface area contributed by atoms with Crippen molar-refractivity contribution >= 4 is 34.7 Å². The van der Waals surface area contributed by atoms with Crippen molar-refractivity contribution in [3.63, 3.8) is 0 Å². The van der Waals surface area contributed by atoms with Gasteiger partial charge in [0, 0.05) is 24.6 Å². The van der Waals surface area contributed by atoms with Crippen LogP contribution in [0.1, 0.15) is 21.8 Å². The number of rotatable bonds is 9. The number of anilines is 1. The number of nitro groups is 1. The normalized spacial score (nSPS) is 10.5. The molecular weight excluding hydrogens is 442 g/mol. The van der Waals surface area contributed by atoms with E-state index in [4.69, 9.17) is 14.0 Å². The Hall–Kier alpha value is -4.00. The summed E-state index contributed by atoms with van der Waals surface area (Å²) in [5, 5.41) is 19.5. The number of amides is 2. The largest absolute Gasteiger partial charge is 0.493 e. The molecule has 0 aliphatic rings. The second-order valence-electron chi connectivity index (χ2n) is 6.58. The number of hydrogen-bond donors (Lipinski definition) is 1. The van der Waals surface area contributed by atoms with Gasteiger partial charge in [0.25, 0.3) is 11.6 Å². The fourth-order valence-corrected chi connectivity index (χ4v) is 3.25. The molecule has 0 unspecified atom stereocenters. The second-order valence-corrected chi connectivity index (χ2v) is 7.30. The zero-order valence-electron chi connectivity index (χ0n) is 17.4. The highest BCUT2D eigenvalue weighted by Gasteiger charge is 2.28. The average Bonchev–Trinajstić information content (AvgIpc) is 3.42. The number of carbonyl (C=O) groups excluding carboxylic acids is 2. The molecule has 168 valence electrons. The van der Waals surface area contributed by atoms with E-state index in [0.29, 0.717) is 11.5 Å². The predicted molar refractivity (Wildman–Crippen MR) is 113 cm³/mol. The summed E-state index contributed by atoms with van der Waals surface area (Å²) >= 11 is 1.39. The molecule has 0 atom stereocenters. The van der Waals surface area contributed by atoms with E-state index in [-0.39, 0.29) is 36.0 Å². The number of aromatic nitrogens is 2. The van der Waals surface area contributed by atoms with Crippen LogP contribution in [0.5, 0.6) is 11.5 Å². The number of hydrogen-bond acceptors (Lipinski definition) is 10. The topological polar surface area (TPSA) is 150 Å². The predicted octanol–water partition coefficient (Wildman–Crippen LogP) is 2.65. The number of nitrogens with zero attached hydrogens (tertiary/aromatic N) is 4. The second kappa shape index (κ2) is 9.87. The lowest BCUT2D eigenvalue weighted by Gasteiger charge is -2.18. The van der Waals surface area contributed by atoms with Crippen LogP contribution in [-0.2, 0) is 11.4 Å². The third kappa shape index (κ3) is 5.37. The monoisotopic (exact) mass is 461 g/mol. The van der Waals surface area contributed by atoms with Gasteiger partial charge in [-0.3, -0.25) is 19.7 Å². The molecule has 1 aromatic carbocycles. The Morgan fingerprint density at radius 2 is 2.09 bits per heavy atom. The van der Waals surface area contributed by atoms with Gasteiger partial charge in [-0.15, -0.1) is 11.3 Å². The van der Waals surface area contributed by atoms with E-state index in [2.05, 4.69) is 15.5 Å². The molecule has 0 saturated carbocycles. The van der Waals surface area contributed by atoms with E-state index in [1.807, 2.05) is 0 Å². The molecule has 0 saturated heterocycles. The molecule has 0 radical (unpaired) electrons. The van der Waals surface area contributed by atoms with Crippen molar-refractivity contribution in [1.29, 1.82) is 0 Å². The van der Waals surface area contributed by atoms with Crippen molar-refractivity contribution in [3.05, 3.63) is 56.2 Å². The smallest absolute Gasteiger partial charge is 0.286 e. The van der Waals surface area contributed by atoms with Gasteiger partial charge in [0.15, 0.2) is 17.3 Å². The number of benzene rings is 1. The molecule has 32 heavy (non-hydrogen) atoms. The minimum absolute atomic E-state index is 0.0753. The molecule has 2 heterocycles. The Bertz CT molecular complexity index is 1130. The Kier molecular flexibility index (Phi) is 7.00. The van der Waals surface area contributed by atoms with Crippen LogP contribution < -0.4 is 14.8 Å². The van der Waals surface area contributed by atoms with E-state index in [0.717, 1.165) is 11.0 Å². The van der Waals surface area contributed by atoms with Crippen molar-refractivity contribution in [3.8, 4) is 11.5 Å². The van der Waals surface area contributed by atoms with Crippen LogP contribution in [0, 0.1) is 17.0 Å². The van der Waals surface area contributed by atoms with Crippen molar-refractivity contribution in [2.75, 3.05) is 26.0 Å². The highest BCUT2D eigenvalue weighted by atomic mass is 32.1. The number of thiazole rings is 1. The Morgan fingerprint density at radius 1 is 1.31 bits per heavy atom. The third-order valence-corrected chi connectivity index (χ3v) is 4.83. The van der Waals surface area contributed by atoms with E-state index in [1.165, 1.54) is 37.6 Å². The molecule has 1 N–H and O–H groups in total. The maximum Gasteiger partial charge on any atom is 0.286 e. The SMILES string of the molecule is COc1cc(C(=O)N(C)CC(=O)Nc2cc(C)on2)c([N+](=O)[O-])cc1OCc1cscn1. The summed E-state index contributed by atoms with van der Waals surface area (Å²) in [4.78, 5) is 41.1. The molecule has 0 spiro atoms. The summed E-state index contributed by atoms with van der Waals surface area (Å²) in [6.07, 6.45) is 0. The van der Waals surface area contributed by atoms with Gasteiger partial charge in [0.2, 0.25) is 5.91 Å². The number of carbonyl (C=O) groups is 2. The lowest BCUT2D eigenvalue weighted by Crippen LogP contribution is -2.35. The maximum atomic E-state index is 12.9. The maximum absolute atomic E-state index is 12.9. The van der Waals surface area contributed by atoms with Gasteiger partial charge in [-0.05, 0) is 6.92 Å². The molecule has 12 nitrogen and oxygen atoms in total. The fraction of sp³-hybridized carbons (Fsp3) is 0.263. The van der Waals surface area contributed by atoms with E-state index in [1.54, 1.807) is 17.8 Å². The van der Waals surface area contributed by atoms with Crippen LogP contribution in [0.3, 0.4) is 0 Å². The Balaban J connectivity index is 1.78. The Labute approximate surface area is 185 Å². The zero-order valence-corrected chi connectivity index (χ0v) is 18.2. The first-order chi connectivity index (χ1) is 15.3. The standard InChI is InChI=1S/C19H19N5O7S/c1-11-4-17(22-31-11)21-18(25)7-23(2)19(26)13-5-15(29-3)16(6-14(13)24(27)28)30-8-12-9-32-10-20-12/h4-6,9-10H,7-8H2,1-3H3,(H,21,22,25).